The summed E-state index contributed by atoms with van der Waals surface area (Å²) < 4.78 is 0. The van der Waals surface area contributed by atoms with Gasteiger partial charge in [0.2, 0.25) is 0 Å². The number of pyridine rings is 1. The lowest BCUT2D eigenvalue weighted by atomic mass is 9.53. The number of aryl methyl sites for hydroxylation is 1. The largest absolute Gasteiger partial charge is 0.309 e. The highest BCUT2D eigenvalue weighted by molar-refractivity contribution is 5.29. The Morgan fingerprint density at radius 2 is 1.83 bits per heavy atom. The lowest BCUT2D eigenvalue weighted by molar-refractivity contribution is 0.0254. The Hall–Kier alpha value is -1.67. The SMILES string of the molecule is Cc1cnccc1CN[C@H]1C2CCCCC2[C@@H]1c1ccccc1. The zero-order valence-electron chi connectivity index (χ0n) is 13.9. The molecule has 2 saturated carbocycles. The van der Waals surface area contributed by atoms with E-state index in [2.05, 4.69) is 53.6 Å². The number of benzene rings is 1. The second kappa shape index (κ2) is 6.45. The van der Waals surface area contributed by atoms with E-state index in [4.69, 9.17) is 0 Å². The minimum absolute atomic E-state index is 0.635. The van der Waals surface area contributed by atoms with Crippen molar-refractivity contribution < 1.29 is 0 Å². The fourth-order valence-electron chi connectivity index (χ4n) is 4.80. The summed E-state index contributed by atoms with van der Waals surface area (Å²) in [5.41, 5.74) is 4.20. The minimum atomic E-state index is 0.635. The van der Waals surface area contributed by atoms with Crippen molar-refractivity contribution in [3.63, 3.8) is 0 Å². The maximum absolute atomic E-state index is 4.21. The van der Waals surface area contributed by atoms with Gasteiger partial charge < -0.3 is 5.32 Å². The highest BCUT2D eigenvalue weighted by Gasteiger charge is 2.50. The van der Waals surface area contributed by atoms with Gasteiger partial charge in [-0.2, -0.15) is 0 Å². The third-order valence-electron chi connectivity index (χ3n) is 6.03. The fraction of sp³-hybridized carbons (Fsp3) is 0.476. The van der Waals surface area contributed by atoms with E-state index in [1.807, 2.05) is 12.4 Å². The van der Waals surface area contributed by atoms with E-state index in [9.17, 15) is 0 Å². The lowest BCUT2D eigenvalue weighted by Gasteiger charge is -2.55. The molecule has 2 nitrogen and oxygen atoms in total. The zero-order chi connectivity index (χ0) is 15.6. The van der Waals surface area contributed by atoms with Crippen molar-refractivity contribution in [2.24, 2.45) is 11.8 Å². The molecule has 4 atom stereocenters. The van der Waals surface area contributed by atoms with Crippen LogP contribution in [0.1, 0.15) is 48.3 Å². The van der Waals surface area contributed by atoms with Gasteiger partial charge >= 0.3 is 0 Å². The first-order valence-corrected chi connectivity index (χ1v) is 9.02. The summed E-state index contributed by atoms with van der Waals surface area (Å²) in [6.45, 7) is 3.12. The number of hydrogen-bond acceptors (Lipinski definition) is 2. The van der Waals surface area contributed by atoms with Crippen LogP contribution in [0.25, 0.3) is 0 Å². The van der Waals surface area contributed by atoms with Crippen molar-refractivity contribution in [1.82, 2.24) is 10.3 Å². The maximum Gasteiger partial charge on any atom is 0.0300 e. The highest BCUT2D eigenvalue weighted by atomic mass is 15.0. The summed E-state index contributed by atoms with van der Waals surface area (Å²) in [5.74, 6) is 2.46. The molecule has 2 aromatic rings. The monoisotopic (exact) mass is 306 g/mol. The Bertz CT molecular complexity index is 652. The van der Waals surface area contributed by atoms with E-state index >= 15 is 0 Å². The van der Waals surface area contributed by atoms with Crippen LogP contribution in [-0.2, 0) is 6.54 Å². The van der Waals surface area contributed by atoms with Crippen molar-refractivity contribution in [3.05, 3.63) is 65.5 Å². The zero-order valence-corrected chi connectivity index (χ0v) is 13.9. The molecule has 2 aliphatic rings. The molecule has 4 rings (SSSR count). The highest BCUT2D eigenvalue weighted by Crippen LogP contribution is 2.54. The molecule has 23 heavy (non-hydrogen) atoms. The van der Waals surface area contributed by atoms with Crippen molar-refractivity contribution >= 4 is 0 Å². The van der Waals surface area contributed by atoms with Crippen LogP contribution >= 0.6 is 0 Å². The summed E-state index contributed by atoms with van der Waals surface area (Å²) in [5, 5.41) is 3.90. The van der Waals surface area contributed by atoms with Crippen LogP contribution in [0.2, 0.25) is 0 Å². The van der Waals surface area contributed by atoms with Gasteiger partial charge in [-0.15, -0.1) is 0 Å². The lowest BCUT2D eigenvalue weighted by Crippen LogP contribution is -2.57. The Labute approximate surface area is 139 Å². The molecular weight excluding hydrogens is 280 g/mol. The van der Waals surface area contributed by atoms with Crippen LogP contribution < -0.4 is 5.32 Å². The first-order valence-electron chi connectivity index (χ1n) is 9.02. The van der Waals surface area contributed by atoms with Crippen LogP contribution in [-0.4, -0.2) is 11.0 Å². The average molecular weight is 306 g/mol. The molecule has 1 heterocycles. The van der Waals surface area contributed by atoms with Gasteiger partial charge in [0.15, 0.2) is 0 Å². The summed E-state index contributed by atoms with van der Waals surface area (Å²) in [6.07, 6.45) is 9.52. The van der Waals surface area contributed by atoms with Crippen molar-refractivity contribution in [3.8, 4) is 0 Å². The molecule has 2 unspecified atom stereocenters. The molecule has 120 valence electrons. The Morgan fingerprint density at radius 1 is 1.04 bits per heavy atom. The van der Waals surface area contributed by atoms with Gasteiger partial charge in [0.05, 0.1) is 0 Å². The number of nitrogens with one attached hydrogen (secondary N) is 1. The first kappa shape index (κ1) is 14.9. The third-order valence-corrected chi connectivity index (χ3v) is 6.03. The first-order chi connectivity index (χ1) is 11.3. The molecule has 0 radical (unpaired) electrons. The van der Waals surface area contributed by atoms with E-state index in [0.717, 1.165) is 18.4 Å². The third kappa shape index (κ3) is 2.81. The van der Waals surface area contributed by atoms with Crippen LogP contribution in [0.5, 0.6) is 0 Å². The average Bonchev–Trinajstić information content (AvgIpc) is 2.58. The predicted molar refractivity (Wildman–Crippen MR) is 94.2 cm³/mol. The summed E-state index contributed by atoms with van der Waals surface area (Å²) in [6, 6.07) is 13.9. The van der Waals surface area contributed by atoms with Gasteiger partial charge in [-0.25, -0.2) is 0 Å². The van der Waals surface area contributed by atoms with Gasteiger partial charge in [-0.1, -0.05) is 43.2 Å². The van der Waals surface area contributed by atoms with Crippen molar-refractivity contribution in [1.29, 1.82) is 0 Å². The quantitative estimate of drug-likeness (QED) is 0.902. The molecule has 0 saturated heterocycles. The number of nitrogens with zero attached hydrogens (tertiary/aromatic N) is 1. The predicted octanol–water partition coefficient (Wildman–Crippen LogP) is 4.45. The second-order valence-corrected chi connectivity index (χ2v) is 7.26. The topological polar surface area (TPSA) is 24.9 Å². The second-order valence-electron chi connectivity index (χ2n) is 7.26. The molecule has 1 N–H and O–H groups in total. The number of fused-ring (bicyclic) bond motifs is 1. The number of rotatable bonds is 4. The molecule has 0 bridgehead atoms. The summed E-state index contributed by atoms with van der Waals surface area (Å²) in [7, 11) is 0. The standard InChI is InChI=1S/C21H26N2/c1-15-13-22-12-11-17(15)14-23-21-19-10-6-5-9-18(19)20(21)16-7-3-2-4-8-16/h2-4,7-8,11-13,18-21,23H,5-6,9-10,14H2,1H3/t18?,19?,20-,21-/m0/s1. The Balaban J connectivity index is 1.52. The van der Waals surface area contributed by atoms with Crippen molar-refractivity contribution in [2.45, 2.75) is 51.1 Å². The molecule has 2 aliphatic carbocycles. The molecule has 1 aromatic heterocycles. The smallest absolute Gasteiger partial charge is 0.0300 e. The maximum atomic E-state index is 4.21. The van der Waals surface area contributed by atoms with E-state index in [1.165, 1.54) is 42.4 Å². The molecular formula is C21H26N2. The van der Waals surface area contributed by atoms with Gasteiger partial charge in [-0.05, 0) is 54.4 Å². The van der Waals surface area contributed by atoms with Gasteiger partial charge in [0, 0.05) is 30.9 Å². The summed E-state index contributed by atoms with van der Waals surface area (Å²) >= 11 is 0. The number of aromatic nitrogens is 1. The Morgan fingerprint density at radius 3 is 2.61 bits per heavy atom. The van der Waals surface area contributed by atoms with Crippen LogP contribution in [0.3, 0.4) is 0 Å². The Kier molecular flexibility index (Phi) is 4.17. The van der Waals surface area contributed by atoms with Gasteiger partial charge in [0.25, 0.3) is 0 Å². The molecule has 0 spiro atoms. The fourth-order valence-corrected chi connectivity index (χ4v) is 4.80. The summed E-state index contributed by atoms with van der Waals surface area (Å²) in [4.78, 5) is 4.21. The van der Waals surface area contributed by atoms with E-state index in [0.29, 0.717) is 12.0 Å². The van der Waals surface area contributed by atoms with Crippen LogP contribution in [0, 0.1) is 18.8 Å². The molecule has 2 fully saturated rings. The van der Waals surface area contributed by atoms with Gasteiger partial charge in [0.1, 0.15) is 0 Å². The van der Waals surface area contributed by atoms with Crippen LogP contribution in [0.15, 0.2) is 48.8 Å². The molecule has 0 aliphatic heterocycles. The van der Waals surface area contributed by atoms with E-state index in [1.54, 1.807) is 0 Å². The van der Waals surface area contributed by atoms with Gasteiger partial charge in [-0.3, -0.25) is 4.98 Å². The van der Waals surface area contributed by atoms with Crippen molar-refractivity contribution in [2.75, 3.05) is 0 Å². The van der Waals surface area contributed by atoms with E-state index in [-0.39, 0.29) is 0 Å². The molecule has 2 heteroatoms. The molecule has 0 amide bonds. The van der Waals surface area contributed by atoms with E-state index < -0.39 is 0 Å². The normalized spacial score (nSPS) is 29.6. The van der Waals surface area contributed by atoms with Crippen LogP contribution in [0.4, 0.5) is 0 Å². The molecule has 1 aromatic carbocycles. The number of hydrogen-bond donors (Lipinski definition) is 1. The minimum Gasteiger partial charge on any atom is -0.309 e.